The molecule has 1 aliphatic carbocycles. The summed E-state index contributed by atoms with van der Waals surface area (Å²) >= 11 is 0. The van der Waals surface area contributed by atoms with E-state index in [0.717, 1.165) is 35.4 Å². The lowest BCUT2D eigenvalue weighted by Crippen LogP contribution is -2.36. The molecule has 25 heavy (non-hydrogen) atoms. The van der Waals surface area contributed by atoms with Gasteiger partial charge in [0, 0.05) is 11.5 Å². The average molecular weight is 333 g/mol. The van der Waals surface area contributed by atoms with Crippen LogP contribution in [0.25, 0.3) is 0 Å². The van der Waals surface area contributed by atoms with E-state index in [1.165, 1.54) is 19.3 Å². The Morgan fingerprint density at radius 1 is 0.960 bits per heavy atom. The van der Waals surface area contributed by atoms with Crippen molar-refractivity contribution < 1.29 is 4.79 Å². The molecular formula is C21H23N3O. The Morgan fingerprint density at radius 2 is 1.68 bits per heavy atom. The summed E-state index contributed by atoms with van der Waals surface area (Å²) in [4.78, 5) is 14.5. The van der Waals surface area contributed by atoms with Crippen LogP contribution in [0.1, 0.15) is 43.2 Å². The summed E-state index contributed by atoms with van der Waals surface area (Å²) in [6, 6.07) is 18.1. The lowest BCUT2D eigenvalue weighted by molar-refractivity contribution is 0.246. The zero-order chi connectivity index (χ0) is 17.1. The van der Waals surface area contributed by atoms with E-state index in [1.54, 1.807) is 4.90 Å². The van der Waals surface area contributed by atoms with Crippen LogP contribution in [0, 0.1) is 5.92 Å². The highest BCUT2D eigenvalue weighted by molar-refractivity contribution is 6.11. The minimum Gasteiger partial charge on any atom is -0.288 e. The van der Waals surface area contributed by atoms with Crippen molar-refractivity contribution in [1.82, 2.24) is 5.43 Å². The topological polar surface area (TPSA) is 44.7 Å². The van der Waals surface area contributed by atoms with Gasteiger partial charge in [0.15, 0.2) is 0 Å². The number of carbonyl (C=O) groups excluding carboxylic acids is 1. The number of nitrogens with zero attached hydrogens (tertiary/aromatic N) is 2. The third-order valence-electron chi connectivity index (χ3n) is 5.16. The maximum absolute atomic E-state index is 12.7. The third kappa shape index (κ3) is 3.29. The molecule has 0 unspecified atom stereocenters. The second kappa shape index (κ2) is 7.09. The zero-order valence-electron chi connectivity index (χ0n) is 14.3. The minimum absolute atomic E-state index is 0.165. The molecule has 1 aliphatic heterocycles. The van der Waals surface area contributed by atoms with Crippen LogP contribution >= 0.6 is 0 Å². The molecule has 1 fully saturated rings. The van der Waals surface area contributed by atoms with Gasteiger partial charge >= 0.3 is 6.03 Å². The van der Waals surface area contributed by atoms with E-state index >= 15 is 0 Å². The Bertz CT molecular complexity index is 779. The molecule has 128 valence electrons. The fourth-order valence-electron chi connectivity index (χ4n) is 3.87. The molecular weight excluding hydrogens is 310 g/mol. The number of amides is 2. The van der Waals surface area contributed by atoms with Crippen molar-refractivity contribution in [2.45, 2.75) is 38.6 Å². The van der Waals surface area contributed by atoms with Gasteiger partial charge in [0.1, 0.15) is 0 Å². The largest absolute Gasteiger partial charge is 0.342 e. The van der Waals surface area contributed by atoms with Gasteiger partial charge in [0.05, 0.1) is 17.9 Å². The fourth-order valence-corrected chi connectivity index (χ4v) is 3.87. The number of fused-ring (bicyclic) bond motifs is 1. The normalized spacial score (nSPS) is 18.2. The molecule has 0 aromatic heterocycles. The molecule has 2 aliphatic rings. The molecule has 2 amide bonds. The first-order valence-electron chi connectivity index (χ1n) is 9.11. The molecule has 1 N–H and O–H groups in total. The van der Waals surface area contributed by atoms with Crippen molar-refractivity contribution >= 4 is 17.4 Å². The summed E-state index contributed by atoms with van der Waals surface area (Å²) in [6.45, 7) is 0.539. The Kier molecular flexibility index (Phi) is 4.51. The molecule has 0 saturated heterocycles. The quantitative estimate of drug-likeness (QED) is 0.869. The van der Waals surface area contributed by atoms with E-state index in [1.807, 2.05) is 48.5 Å². The summed E-state index contributed by atoms with van der Waals surface area (Å²) in [6.07, 6.45) is 6.10. The highest BCUT2D eigenvalue weighted by Gasteiger charge is 2.29. The molecule has 0 bridgehead atoms. The van der Waals surface area contributed by atoms with Crippen LogP contribution in [0.2, 0.25) is 0 Å². The van der Waals surface area contributed by atoms with E-state index in [2.05, 4.69) is 16.6 Å². The Labute approximate surface area is 148 Å². The van der Waals surface area contributed by atoms with Crippen LogP contribution in [0.3, 0.4) is 0 Å². The van der Waals surface area contributed by atoms with Crippen molar-refractivity contribution in [2.75, 3.05) is 4.90 Å². The summed E-state index contributed by atoms with van der Waals surface area (Å²) in [5.74, 6) is 0.437. The first-order valence-corrected chi connectivity index (χ1v) is 9.11. The molecule has 4 heteroatoms. The van der Waals surface area contributed by atoms with Crippen molar-refractivity contribution in [3.05, 3.63) is 65.7 Å². The summed E-state index contributed by atoms with van der Waals surface area (Å²) in [7, 11) is 0. The maximum Gasteiger partial charge on any atom is 0.342 e. The minimum atomic E-state index is -0.165. The summed E-state index contributed by atoms with van der Waals surface area (Å²) in [5, 5.41) is 4.54. The Morgan fingerprint density at radius 3 is 2.48 bits per heavy atom. The van der Waals surface area contributed by atoms with E-state index in [9.17, 15) is 4.79 Å². The molecule has 0 atom stereocenters. The molecule has 0 radical (unpaired) electrons. The molecule has 2 aromatic carbocycles. The van der Waals surface area contributed by atoms with Gasteiger partial charge in [-0.05, 0) is 24.5 Å². The van der Waals surface area contributed by atoms with Crippen molar-refractivity contribution in [2.24, 2.45) is 11.0 Å². The SMILES string of the molecule is O=C1NN=C(C2CCCCC2)c2ccccc2N1Cc1ccccc1. The maximum atomic E-state index is 12.7. The van der Waals surface area contributed by atoms with Crippen LogP contribution in [-0.4, -0.2) is 11.7 Å². The molecule has 0 spiro atoms. The van der Waals surface area contributed by atoms with Crippen LogP contribution in [0.15, 0.2) is 59.7 Å². The standard InChI is InChI=1S/C21H23N3O/c25-21-23-22-20(17-11-5-2-6-12-17)18-13-7-8-14-19(18)24(21)15-16-9-3-1-4-10-16/h1,3-4,7-10,13-14,17H,2,5-6,11-12,15H2,(H,23,25). The van der Waals surface area contributed by atoms with Gasteiger partial charge in [-0.1, -0.05) is 67.8 Å². The number of hydrazone groups is 1. The van der Waals surface area contributed by atoms with Gasteiger partial charge < -0.3 is 0 Å². The van der Waals surface area contributed by atoms with Crippen LogP contribution < -0.4 is 10.3 Å². The van der Waals surface area contributed by atoms with Gasteiger partial charge in [0.2, 0.25) is 0 Å². The third-order valence-corrected chi connectivity index (χ3v) is 5.16. The number of para-hydroxylation sites is 1. The number of nitrogens with one attached hydrogen (secondary N) is 1. The van der Waals surface area contributed by atoms with Gasteiger partial charge in [-0.25, -0.2) is 10.2 Å². The van der Waals surface area contributed by atoms with Gasteiger partial charge in [0.25, 0.3) is 0 Å². The number of anilines is 1. The molecule has 4 nitrogen and oxygen atoms in total. The lowest BCUT2D eigenvalue weighted by atomic mass is 9.83. The smallest absolute Gasteiger partial charge is 0.288 e. The summed E-state index contributed by atoms with van der Waals surface area (Å²) < 4.78 is 0. The molecule has 1 heterocycles. The van der Waals surface area contributed by atoms with E-state index in [0.29, 0.717) is 12.5 Å². The average Bonchev–Trinajstić information content (AvgIpc) is 2.81. The number of urea groups is 1. The predicted molar refractivity (Wildman–Crippen MR) is 101 cm³/mol. The summed E-state index contributed by atoms with van der Waals surface area (Å²) in [5.41, 5.74) is 6.97. The van der Waals surface area contributed by atoms with Crippen molar-refractivity contribution in [3.63, 3.8) is 0 Å². The number of hydrogen-bond donors (Lipinski definition) is 1. The van der Waals surface area contributed by atoms with E-state index in [-0.39, 0.29) is 6.03 Å². The molecule has 2 aromatic rings. The molecule has 4 rings (SSSR count). The first-order chi connectivity index (χ1) is 12.3. The second-order valence-electron chi connectivity index (χ2n) is 6.84. The fraction of sp³-hybridized carbons (Fsp3) is 0.333. The molecule has 1 saturated carbocycles. The highest BCUT2D eigenvalue weighted by Crippen LogP contribution is 2.33. The number of carbonyl (C=O) groups is 1. The van der Waals surface area contributed by atoms with E-state index < -0.39 is 0 Å². The highest BCUT2D eigenvalue weighted by atomic mass is 16.2. The van der Waals surface area contributed by atoms with E-state index in [4.69, 9.17) is 0 Å². The van der Waals surface area contributed by atoms with Gasteiger partial charge in [-0.15, -0.1) is 0 Å². The van der Waals surface area contributed by atoms with Crippen LogP contribution in [0.4, 0.5) is 10.5 Å². The predicted octanol–water partition coefficient (Wildman–Crippen LogP) is 4.70. The van der Waals surface area contributed by atoms with Crippen LogP contribution in [0.5, 0.6) is 0 Å². The Hall–Kier alpha value is -2.62. The number of hydrogen-bond acceptors (Lipinski definition) is 2. The van der Waals surface area contributed by atoms with Gasteiger partial charge in [-0.2, -0.15) is 5.10 Å². The number of rotatable bonds is 3. The monoisotopic (exact) mass is 333 g/mol. The second-order valence-corrected chi connectivity index (χ2v) is 6.84. The zero-order valence-corrected chi connectivity index (χ0v) is 14.3. The number of benzene rings is 2. The van der Waals surface area contributed by atoms with Crippen LogP contribution in [-0.2, 0) is 6.54 Å². The first kappa shape index (κ1) is 15.9. The van der Waals surface area contributed by atoms with Crippen molar-refractivity contribution in [1.29, 1.82) is 0 Å². The Balaban J connectivity index is 1.71. The van der Waals surface area contributed by atoms with Crippen molar-refractivity contribution in [3.8, 4) is 0 Å². The lowest BCUT2D eigenvalue weighted by Gasteiger charge is -2.25. The van der Waals surface area contributed by atoms with Gasteiger partial charge in [-0.3, -0.25) is 4.90 Å².